The Morgan fingerprint density at radius 1 is 1.41 bits per heavy atom. The van der Waals surface area contributed by atoms with Crippen molar-refractivity contribution in [1.82, 2.24) is 5.32 Å². The number of aliphatic carboxylic acids is 1. The number of nitrogens with one attached hydrogen (secondary N) is 1. The number of halogens is 2. The Hall–Kier alpha value is -1.58. The number of rotatable bonds is 4. The molecule has 3 N–H and O–H groups in total. The van der Waals surface area contributed by atoms with Crippen LogP contribution < -0.4 is 5.32 Å². The van der Waals surface area contributed by atoms with Crippen molar-refractivity contribution in [2.45, 2.75) is 38.8 Å². The summed E-state index contributed by atoms with van der Waals surface area (Å²) in [4.78, 5) is 22.9. The minimum Gasteiger partial charge on any atom is -0.504 e. The lowest BCUT2D eigenvalue weighted by Crippen LogP contribution is -2.44. The van der Waals surface area contributed by atoms with Gasteiger partial charge in [0.05, 0.1) is 3.57 Å². The number of hydrogen-bond acceptors (Lipinski definition) is 4. The molecule has 1 unspecified atom stereocenters. The number of carbonyl (C=O) groups is 2. The van der Waals surface area contributed by atoms with Crippen molar-refractivity contribution in [2.24, 2.45) is 0 Å². The van der Waals surface area contributed by atoms with Crippen LogP contribution in [0, 0.1) is 9.39 Å². The van der Waals surface area contributed by atoms with E-state index in [0.29, 0.717) is 5.56 Å². The fourth-order valence-corrected chi connectivity index (χ4v) is 2.28. The molecule has 0 radical (unpaired) electrons. The number of phenolic OH excluding ortho intramolecular Hbond substituents is 1. The van der Waals surface area contributed by atoms with Crippen molar-refractivity contribution in [3.63, 3.8) is 0 Å². The molecule has 8 heteroatoms. The van der Waals surface area contributed by atoms with Gasteiger partial charge in [0.15, 0.2) is 11.6 Å². The van der Waals surface area contributed by atoms with Crippen LogP contribution in [-0.2, 0) is 16.0 Å². The average Bonchev–Trinajstić information content (AvgIpc) is 2.32. The molecule has 1 rings (SSSR count). The zero-order chi connectivity index (χ0) is 17.1. The van der Waals surface area contributed by atoms with Gasteiger partial charge in [-0.3, -0.25) is 0 Å². The first kappa shape index (κ1) is 18.5. The molecule has 1 aromatic rings. The summed E-state index contributed by atoms with van der Waals surface area (Å²) in [6.45, 7) is 4.96. The molecular formula is C14H17FINO5. The number of carboxylic acid groups (broad SMARTS) is 1. The second kappa shape index (κ2) is 7.12. The van der Waals surface area contributed by atoms with E-state index in [2.05, 4.69) is 5.32 Å². The first-order chi connectivity index (χ1) is 9.99. The van der Waals surface area contributed by atoms with E-state index in [9.17, 15) is 19.1 Å². The third-order valence-corrected chi connectivity index (χ3v) is 3.33. The number of benzene rings is 1. The molecule has 0 aliphatic rings. The summed E-state index contributed by atoms with van der Waals surface area (Å²) in [6, 6.07) is 1.21. The molecule has 0 saturated carbocycles. The number of aromatic hydroxyl groups is 1. The van der Waals surface area contributed by atoms with Crippen LogP contribution in [0.15, 0.2) is 12.1 Å². The van der Waals surface area contributed by atoms with E-state index >= 15 is 0 Å². The van der Waals surface area contributed by atoms with Gasteiger partial charge in [-0.15, -0.1) is 0 Å². The number of alkyl carbamates (subject to hydrolysis) is 1. The lowest BCUT2D eigenvalue weighted by Gasteiger charge is -2.22. The van der Waals surface area contributed by atoms with Gasteiger partial charge in [0.1, 0.15) is 11.6 Å². The van der Waals surface area contributed by atoms with E-state index in [1.807, 2.05) is 0 Å². The molecule has 0 aromatic heterocycles. The number of phenols is 1. The highest BCUT2D eigenvalue weighted by Gasteiger charge is 2.24. The summed E-state index contributed by atoms with van der Waals surface area (Å²) in [7, 11) is 0. The monoisotopic (exact) mass is 425 g/mol. The van der Waals surface area contributed by atoms with Gasteiger partial charge in [-0.05, 0) is 61.1 Å². The van der Waals surface area contributed by atoms with Crippen molar-refractivity contribution >= 4 is 34.7 Å². The molecule has 0 bridgehead atoms. The van der Waals surface area contributed by atoms with E-state index in [4.69, 9.17) is 9.84 Å². The Morgan fingerprint density at radius 2 is 2.00 bits per heavy atom. The average molecular weight is 425 g/mol. The smallest absolute Gasteiger partial charge is 0.408 e. The molecular weight excluding hydrogens is 408 g/mol. The number of ether oxygens (including phenoxy) is 1. The second-order valence-corrected chi connectivity index (χ2v) is 6.81. The summed E-state index contributed by atoms with van der Waals surface area (Å²) >= 11 is 1.73. The van der Waals surface area contributed by atoms with Gasteiger partial charge in [0.2, 0.25) is 0 Å². The predicted molar refractivity (Wildman–Crippen MR) is 85.3 cm³/mol. The summed E-state index contributed by atoms with van der Waals surface area (Å²) in [5.41, 5.74) is -0.421. The molecule has 22 heavy (non-hydrogen) atoms. The number of hydrogen-bond donors (Lipinski definition) is 3. The molecule has 0 saturated heterocycles. The largest absolute Gasteiger partial charge is 0.504 e. The van der Waals surface area contributed by atoms with Crippen molar-refractivity contribution < 1.29 is 28.9 Å². The van der Waals surface area contributed by atoms with Crippen molar-refractivity contribution in [3.8, 4) is 5.75 Å². The third-order valence-electron chi connectivity index (χ3n) is 2.51. The van der Waals surface area contributed by atoms with Gasteiger partial charge in [-0.1, -0.05) is 0 Å². The first-order valence-electron chi connectivity index (χ1n) is 6.39. The van der Waals surface area contributed by atoms with E-state index in [-0.39, 0.29) is 9.99 Å². The lowest BCUT2D eigenvalue weighted by molar-refractivity contribution is -0.139. The maximum absolute atomic E-state index is 13.5. The zero-order valence-electron chi connectivity index (χ0n) is 12.3. The minimum atomic E-state index is -1.27. The lowest BCUT2D eigenvalue weighted by atomic mass is 10.1. The van der Waals surface area contributed by atoms with Gasteiger partial charge < -0.3 is 20.3 Å². The van der Waals surface area contributed by atoms with Crippen LogP contribution >= 0.6 is 22.6 Å². The van der Waals surface area contributed by atoms with Gasteiger partial charge in [-0.2, -0.15) is 0 Å². The Kier molecular flexibility index (Phi) is 5.98. The van der Waals surface area contributed by atoms with Crippen LogP contribution in [0.3, 0.4) is 0 Å². The van der Waals surface area contributed by atoms with Crippen molar-refractivity contribution in [1.29, 1.82) is 0 Å². The van der Waals surface area contributed by atoms with Gasteiger partial charge >= 0.3 is 12.1 Å². The van der Waals surface area contributed by atoms with Crippen LogP contribution in [0.25, 0.3) is 0 Å². The van der Waals surface area contributed by atoms with Crippen LogP contribution in [0.2, 0.25) is 0 Å². The summed E-state index contributed by atoms with van der Waals surface area (Å²) in [5, 5.41) is 20.7. The van der Waals surface area contributed by atoms with Crippen molar-refractivity contribution in [3.05, 3.63) is 27.1 Å². The van der Waals surface area contributed by atoms with Crippen molar-refractivity contribution in [2.75, 3.05) is 0 Å². The summed E-state index contributed by atoms with van der Waals surface area (Å²) in [6.07, 6.45) is -1.00. The minimum absolute atomic E-state index is 0.137. The first-order valence-corrected chi connectivity index (χ1v) is 7.46. The van der Waals surface area contributed by atoms with E-state index < -0.39 is 35.3 Å². The molecule has 0 spiro atoms. The molecule has 0 aliphatic carbocycles. The fraction of sp³-hybridized carbons (Fsp3) is 0.429. The normalized spacial score (nSPS) is 12.6. The van der Waals surface area contributed by atoms with Crippen LogP contribution in [-0.4, -0.2) is 33.9 Å². The van der Waals surface area contributed by atoms with E-state index in [0.717, 1.165) is 6.07 Å². The Bertz CT molecular complexity index is 562. The molecule has 1 amide bonds. The predicted octanol–water partition coefficient (Wildman–Crippen LogP) is 2.66. The third kappa shape index (κ3) is 5.66. The maximum Gasteiger partial charge on any atom is 0.408 e. The quantitative estimate of drug-likeness (QED) is 0.645. The van der Waals surface area contributed by atoms with Gasteiger partial charge in [-0.25, -0.2) is 14.0 Å². The van der Waals surface area contributed by atoms with Gasteiger partial charge in [0.25, 0.3) is 0 Å². The van der Waals surface area contributed by atoms with E-state index in [1.54, 1.807) is 43.4 Å². The van der Waals surface area contributed by atoms with Crippen LogP contribution in [0.4, 0.5) is 9.18 Å². The van der Waals surface area contributed by atoms with E-state index in [1.165, 1.54) is 6.07 Å². The molecule has 0 fully saturated rings. The summed E-state index contributed by atoms with van der Waals surface area (Å²) < 4.78 is 18.7. The van der Waals surface area contributed by atoms with Crippen LogP contribution in [0.1, 0.15) is 26.3 Å². The highest BCUT2D eigenvalue weighted by Crippen LogP contribution is 2.25. The SMILES string of the molecule is CC(C)(C)OC(=O)NC(Cc1cc(F)c(O)c(I)c1)C(=O)O. The number of carbonyl (C=O) groups excluding carboxylic acids is 1. The topological polar surface area (TPSA) is 95.9 Å². The maximum atomic E-state index is 13.5. The highest BCUT2D eigenvalue weighted by molar-refractivity contribution is 14.1. The number of amides is 1. The standard InChI is InChI=1S/C14H17FINO5/c1-14(2,3)22-13(21)17-10(12(19)20)6-7-4-8(15)11(18)9(16)5-7/h4-5,10,18H,6H2,1-3H3,(H,17,21)(H,19,20). The highest BCUT2D eigenvalue weighted by atomic mass is 127. The number of carboxylic acids is 1. The molecule has 122 valence electrons. The Labute approximate surface area is 140 Å². The Morgan fingerprint density at radius 3 is 2.45 bits per heavy atom. The van der Waals surface area contributed by atoms with Gasteiger partial charge in [0, 0.05) is 6.42 Å². The summed E-state index contributed by atoms with van der Waals surface area (Å²) in [5.74, 6) is -2.60. The Balaban J connectivity index is 2.85. The molecule has 0 heterocycles. The molecule has 1 aromatic carbocycles. The second-order valence-electron chi connectivity index (χ2n) is 5.65. The zero-order valence-corrected chi connectivity index (χ0v) is 14.5. The molecule has 1 atom stereocenters. The fourth-order valence-electron chi connectivity index (χ4n) is 1.62. The molecule has 0 aliphatic heterocycles. The molecule has 6 nitrogen and oxygen atoms in total. The van der Waals surface area contributed by atoms with Crippen LogP contribution in [0.5, 0.6) is 5.75 Å².